The van der Waals surface area contributed by atoms with Crippen LogP contribution in [0.3, 0.4) is 0 Å². The van der Waals surface area contributed by atoms with Crippen LogP contribution < -0.4 is 19.1 Å². The highest BCUT2D eigenvalue weighted by Crippen LogP contribution is 2.44. The van der Waals surface area contributed by atoms with Crippen molar-refractivity contribution in [2.45, 2.75) is 26.8 Å². The van der Waals surface area contributed by atoms with E-state index in [1.807, 2.05) is 6.92 Å². The van der Waals surface area contributed by atoms with Crippen LogP contribution in [-0.4, -0.2) is 37.6 Å². The molecule has 0 bridgehead atoms. The predicted molar refractivity (Wildman–Crippen MR) is 117 cm³/mol. The number of methoxy groups -OCH3 is 2. The lowest BCUT2D eigenvalue weighted by Gasteiger charge is -2.28. The third-order valence-electron chi connectivity index (χ3n) is 5.15. The van der Waals surface area contributed by atoms with Gasteiger partial charge in [0.05, 0.1) is 32.4 Å². The fourth-order valence-corrected chi connectivity index (χ4v) is 3.62. The Morgan fingerprint density at radius 3 is 2.29 bits per heavy atom. The largest absolute Gasteiger partial charge is 0.503 e. The lowest BCUT2D eigenvalue weighted by atomic mass is 9.91. The van der Waals surface area contributed by atoms with Crippen molar-refractivity contribution in [1.82, 2.24) is 0 Å². The molecule has 1 aliphatic rings. The van der Waals surface area contributed by atoms with Gasteiger partial charge >= 0.3 is 0 Å². The van der Waals surface area contributed by atoms with Crippen LogP contribution in [0.4, 0.5) is 5.69 Å². The van der Waals surface area contributed by atoms with Gasteiger partial charge in [0.15, 0.2) is 23.0 Å². The molecule has 164 valence electrons. The number of ketones is 1. The molecule has 7 heteroatoms. The van der Waals surface area contributed by atoms with E-state index < -0.39 is 23.6 Å². The number of carbonyl (C=O) groups excluding carboxylic acids is 2. The van der Waals surface area contributed by atoms with Crippen molar-refractivity contribution in [2.24, 2.45) is 5.92 Å². The first-order chi connectivity index (χ1) is 14.8. The Balaban J connectivity index is 2.18. The highest BCUT2D eigenvalue weighted by Gasteiger charge is 2.45. The van der Waals surface area contributed by atoms with E-state index in [4.69, 9.17) is 14.2 Å². The number of aliphatic hydroxyl groups excluding tert-OH is 1. The lowest BCUT2D eigenvalue weighted by molar-refractivity contribution is -0.119. The molecule has 2 aromatic rings. The van der Waals surface area contributed by atoms with E-state index in [0.717, 1.165) is 0 Å². The molecule has 0 aromatic heterocycles. The number of benzene rings is 2. The molecule has 1 aliphatic heterocycles. The Kier molecular flexibility index (Phi) is 6.53. The summed E-state index contributed by atoms with van der Waals surface area (Å²) in [5.74, 6) is -0.191. The summed E-state index contributed by atoms with van der Waals surface area (Å²) in [4.78, 5) is 27.5. The Morgan fingerprint density at radius 1 is 1.06 bits per heavy atom. The van der Waals surface area contributed by atoms with E-state index in [1.54, 1.807) is 70.5 Å². The second-order valence-corrected chi connectivity index (χ2v) is 7.40. The SMILES string of the molecule is CCOc1cc(C2C(C(=O)C(C)C)=C(O)C(=O)N2c2ccc(OC)cc2)ccc1OC. The molecule has 1 heterocycles. The molecule has 1 amide bonds. The number of rotatable bonds is 8. The maximum absolute atomic E-state index is 13.1. The number of aliphatic hydroxyl groups is 1. The van der Waals surface area contributed by atoms with Gasteiger partial charge in [-0.15, -0.1) is 0 Å². The third-order valence-corrected chi connectivity index (χ3v) is 5.15. The number of anilines is 1. The number of Topliss-reactive ketones (excluding diaryl/α,β-unsaturated/α-hetero) is 1. The maximum Gasteiger partial charge on any atom is 0.294 e. The van der Waals surface area contributed by atoms with Gasteiger partial charge in [-0.1, -0.05) is 19.9 Å². The minimum absolute atomic E-state index is 0.0726. The monoisotopic (exact) mass is 425 g/mol. The average molecular weight is 425 g/mol. The lowest BCUT2D eigenvalue weighted by Crippen LogP contribution is -2.31. The number of carbonyl (C=O) groups is 2. The Labute approximate surface area is 181 Å². The van der Waals surface area contributed by atoms with Gasteiger partial charge in [-0.25, -0.2) is 0 Å². The zero-order valence-corrected chi connectivity index (χ0v) is 18.3. The van der Waals surface area contributed by atoms with Gasteiger partial charge < -0.3 is 19.3 Å². The van der Waals surface area contributed by atoms with Crippen LogP contribution >= 0.6 is 0 Å². The summed E-state index contributed by atoms with van der Waals surface area (Å²) in [6.45, 7) is 5.75. The molecule has 2 aromatic carbocycles. The van der Waals surface area contributed by atoms with Crippen LogP contribution in [0.1, 0.15) is 32.4 Å². The van der Waals surface area contributed by atoms with Gasteiger partial charge in [-0.3, -0.25) is 14.5 Å². The molecule has 3 rings (SSSR count). The first-order valence-electron chi connectivity index (χ1n) is 10.1. The number of hydrogen-bond acceptors (Lipinski definition) is 6. The minimum Gasteiger partial charge on any atom is -0.503 e. The van der Waals surface area contributed by atoms with Gasteiger partial charge in [0.1, 0.15) is 5.75 Å². The molecule has 0 spiro atoms. The topological polar surface area (TPSA) is 85.3 Å². The van der Waals surface area contributed by atoms with E-state index in [-0.39, 0.29) is 11.4 Å². The van der Waals surface area contributed by atoms with Crippen LogP contribution in [0.2, 0.25) is 0 Å². The third kappa shape index (κ3) is 4.08. The van der Waals surface area contributed by atoms with Crippen LogP contribution in [0.15, 0.2) is 53.8 Å². The highest BCUT2D eigenvalue weighted by atomic mass is 16.5. The number of amides is 1. The molecule has 31 heavy (non-hydrogen) atoms. The fraction of sp³-hybridized carbons (Fsp3) is 0.333. The molecule has 1 N–H and O–H groups in total. The summed E-state index contributed by atoms with van der Waals surface area (Å²) in [6.07, 6.45) is 0. The van der Waals surface area contributed by atoms with Crippen LogP contribution in [0.25, 0.3) is 0 Å². The number of nitrogens with zero attached hydrogens (tertiary/aromatic N) is 1. The summed E-state index contributed by atoms with van der Waals surface area (Å²) in [6, 6.07) is 11.3. The van der Waals surface area contributed by atoms with Crippen molar-refractivity contribution in [1.29, 1.82) is 0 Å². The first kappa shape index (κ1) is 22.2. The summed E-state index contributed by atoms with van der Waals surface area (Å²) in [5.41, 5.74) is 1.23. The van der Waals surface area contributed by atoms with Gasteiger partial charge in [0.2, 0.25) is 0 Å². The van der Waals surface area contributed by atoms with Crippen LogP contribution in [0, 0.1) is 5.92 Å². The summed E-state index contributed by atoms with van der Waals surface area (Å²) in [7, 11) is 3.10. The zero-order valence-electron chi connectivity index (χ0n) is 18.3. The van der Waals surface area contributed by atoms with E-state index in [9.17, 15) is 14.7 Å². The molecule has 1 atom stereocenters. The summed E-state index contributed by atoms with van der Waals surface area (Å²) >= 11 is 0. The second-order valence-electron chi connectivity index (χ2n) is 7.40. The number of ether oxygens (including phenoxy) is 3. The van der Waals surface area contributed by atoms with E-state index >= 15 is 0 Å². The van der Waals surface area contributed by atoms with Gasteiger partial charge in [-0.2, -0.15) is 0 Å². The molecule has 0 radical (unpaired) electrons. The normalized spacial score (nSPS) is 16.1. The highest BCUT2D eigenvalue weighted by molar-refractivity contribution is 6.16. The Morgan fingerprint density at radius 2 is 1.74 bits per heavy atom. The van der Waals surface area contributed by atoms with Gasteiger partial charge in [-0.05, 0) is 48.9 Å². The predicted octanol–water partition coefficient (Wildman–Crippen LogP) is 4.23. The van der Waals surface area contributed by atoms with Gasteiger partial charge in [0.25, 0.3) is 5.91 Å². The molecule has 0 aliphatic carbocycles. The second kappa shape index (κ2) is 9.12. The summed E-state index contributed by atoms with van der Waals surface area (Å²) in [5, 5.41) is 10.7. The molecule has 7 nitrogen and oxygen atoms in total. The summed E-state index contributed by atoms with van der Waals surface area (Å²) < 4.78 is 16.2. The Bertz CT molecular complexity index is 1010. The maximum atomic E-state index is 13.1. The van der Waals surface area contributed by atoms with E-state index in [2.05, 4.69) is 0 Å². The smallest absolute Gasteiger partial charge is 0.294 e. The standard InChI is InChI=1S/C24H27NO6/c1-6-31-19-13-15(7-12-18(19)30-5)21-20(22(26)14(2)3)23(27)24(28)25(21)16-8-10-17(29-4)11-9-16/h7-14,21,27H,6H2,1-5H3. The number of hydrogen-bond donors (Lipinski definition) is 1. The van der Waals surface area contributed by atoms with Crippen molar-refractivity contribution in [3.63, 3.8) is 0 Å². The molecular weight excluding hydrogens is 398 g/mol. The minimum atomic E-state index is -0.805. The Hall–Kier alpha value is -3.48. The van der Waals surface area contributed by atoms with Crippen molar-refractivity contribution in [3.8, 4) is 17.2 Å². The zero-order chi connectivity index (χ0) is 22.7. The fourth-order valence-electron chi connectivity index (χ4n) is 3.62. The molecule has 1 unspecified atom stereocenters. The van der Waals surface area contributed by atoms with Crippen LogP contribution in [-0.2, 0) is 9.59 Å². The molecule has 0 saturated carbocycles. The average Bonchev–Trinajstić information content (AvgIpc) is 3.04. The quantitative estimate of drug-likeness (QED) is 0.681. The van der Waals surface area contributed by atoms with Crippen molar-refractivity contribution >= 4 is 17.4 Å². The molecular formula is C24H27NO6. The first-order valence-corrected chi connectivity index (χ1v) is 10.1. The van der Waals surface area contributed by atoms with Crippen molar-refractivity contribution < 1.29 is 28.9 Å². The van der Waals surface area contributed by atoms with E-state index in [1.165, 1.54) is 4.90 Å². The van der Waals surface area contributed by atoms with Crippen LogP contribution in [0.5, 0.6) is 17.2 Å². The molecule has 0 saturated heterocycles. The van der Waals surface area contributed by atoms with Crippen molar-refractivity contribution in [2.75, 3.05) is 25.7 Å². The van der Waals surface area contributed by atoms with Crippen molar-refractivity contribution in [3.05, 3.63) is 59.4 Å². The van der Waals surface area contributed by atoms with Gasteiger partial charge in [0, 0.05) is 11.6 Å². The van der Waals surface area contributed by atoms with E-state index in [0.29, 0.717) is 35.1 Å². The molecule has 0 fully saturated rings.